The van der Waals surface area contributed by atoms with Crippen LogP contribution in [0.5, 0.6) is 11.5 Å². The third-order valence-corrected chi connectivity index (χ3v) is 10.7. The maximum Gasteiger partial charge on any atom is 0.137 e. The molecule has 0 saturated heterocycles. The zero-order valence-electron chi connectivity index (χ0n) is 32.0. The number of nitrogens with zero attached hydrogens (tertiary/aromatic N) is 1. The van der Waals surface area contributed by atoms with Crippen LogP contribution in [0.1, 0.15) is 48.6 Å². The van der Waals surface area contributed by atoms with Gasteiger partial charge in [-0.15, -0.1) is 0 Å². The molecular formula is C54H43NO. The minimum Gasteiger partial charge on any atom is -0.456 e. The predicted octanol–water partition coefficient (Wildman–Crippen LogP) is 14.9. The van der Waals surface area contributed by atoms with Crippen LogP contribution in [0.3, 0.4) is 0 Å². The summed E-state index contributed by atoms with van der Waals surface area (Å²) < 4.78 is 6.89. The highest BCUT2D eigenvalue weighted by atomic mass is 16.5. The molecule has 9 rings (SSSR count). The van der Waals surface area contributed by atoms with Crippen LogP contribution >= 0.6 is 0 Å². The van der Waals surface area contributed by atoms with E-state index in [-0.39, 0.29) is 5.41 Å². The van der Waals surface area contributed by atoms with Crippen LogP contribution in [-0.2, 0) is 5.41 Å². The van der Waals surface area contributed by atoms with E-state index in [1.807, 2.05) is 0 Å². The van der Waals surface area contributed by atoms with Crippen molar-refractivity contribution < 1.29 is 4.74 Å². The Hall–Kier alpha value is -6.90. The molecule has 8 aromatic carbocycles. The van der Waals surface area contributed by atoms with Crippen molar-refractivity contribution in [3.63, 3.8) is 0 Å². The Morgan fingerprint density at radius 2 is 0.929 bits per heavy atom. The predicted molar refractivity (Wildman–Crippen MR) is 235 cm³/mol. The lowest BCUT2D eigenvalue weighted by atomic mass is 9.83. The number of hydrogen-bond donors (Lipinski definition) is 0. The lowest BCUT2D eigenvalue weighted by Gasteiger charge is -2.32. The van der Waals surface area contributed by atoms with Gasteiger partial charge in [0.15, 0.2) is 0 Å². The Labute approximate surface area is 330 Å². The second kappa shape index (κ2) is 14.7. The van der Waals surface area contributed by atoms with Crippen molar-refractivity contribution in [3.05, 3.63) is 234 Å². The zero-order valence-corrected chi connectivity index (χ0v) is 32.0. The Bertz CT molecular complexity index is 2610. The topological polar surface area (TPSA) is 12.5 Å². The molecule has 56 heavy (non-hydrogen) atoms. The lowest BCUT2D eigenvalue weighted by molar-refractivity contribution is 0.474. The van der Waals surface area contributed by atoms with Crippen LogP contribution in [0.4, 0.5) is 17.1 Å². The van der Waals surface area contributed by atoms with E-state index >= 15 is 0 Å². The molecule has 1 aliphatic heterocycles. The summed E-state index contributed by atoms with van der Waals surface area (Å²) >= 11 is 0. The summed E-state index contributed by atoms with van der Waals surface area (Å²) in [4.78, 5) is 2.38. The summed E-state index contributed by atoms with van der Waals surface area (Å²) in [7, 11) is 0. The molecule has 0 atom stereocenters. The summed E-state index contributed by atoms with van der Waals surface area (Å²) in [5.41, 5.74) is 15.9. The molecule has 0 amide bonds. The highest BCUT2D eigenvalue weighted by Crippen LogP contribution is 2.51. The van der Waals surface area contributed by atoms with Crippen LogP contribution < -0.4 is 9.64 Å². The molecular weight excluding hydrogens is 679 g/mol. The van der Waals surface area contributed by atoms with Gasteiger partial charge in [-0.05, 0) is 86.8 Å². The van der Waals surface area contributed by atoms with E-state index in [1.165, 1.54) is 33.4 Å². The largest absolute Gasteiger partial charge is 0.456 e. The van der Waals surface area contributed by atoms with Gasteiger partial charge in [0.25, 0.3) is 0 Å². The molecule has 0 aliphatic carbocycles. The molecule has 0 N–H and O–H groups in total. The fourth-order valence-corrected chi connectivity index (χ4v) is 7.81. The highest BCUT2D eigenvalue weighted by molar-refractivity contribution is 6.08. The van der Waals surface area contributed by atoms with Crippen molar-refractivity contribution in [1.29, 1.82) is 0 Å². The van der Waals surface area contributed by atoms with Gasteiger partial charge < -0.3 is 9.64 Å². The van der Waals surface area contributed by atoms with Crippen LogP contribution in [0.15, 0.2) is 206 Å². The minimum absolute atomic E-state index is 0.0186. The van der Waals surface area contributed by atoms with E-state index in [1.54, 1.807) is 0 Å². The van der Waals surface area contributed by atoms with E-state index in [9.17, 15) is 0 Å². The molecule has 270 valence electrons. The average molecular weight is 722 g/mol. The lowest BCUT2D eigenvalue weighted by Crippen LogP contribution is -2.15. The molecule has 8 aromatic rings. The minimum atomic E-state index is -0.0186. The molecule has 0 fully saturated rings. The SMILES string of the molecule is CC(C)(C)c1ccc(N(c2ccc(-c3ccccc3)cc2)c2ccc3c(c2)Oc2ccccc2C3=C(c2ccccc2)c2ccccc2)c(-c2ccccc2)c1. The van der Waals surface area contributed by atoms with Gasteiger partial charge in [0, 0.05) is 39.7 Å². The second-order valence-corrected chi connectivity index (χ2v) is 15.4. The van der Waals surface area contributed by atoms with E-state index in [2.05, 4.69) is 232 Å². The standard InChI is InChI=1S/C54H43NO/c1-54(2,3)43-30-35-49(48(36-43)40-20-10-5-11-21-40)55(44-31-28-39(29-32-44)38-18-8-4-9-19-38)45-33-34-47-51(37-45)56-50-27-17-16-26-46(50)53(47)52(41-22-12-6-13-23-41)42-24-14-7-15-25-42/h4-37H,1-3H3. The number of fused-ring (bicyclic) bond motifs is 2. The summed E-state index contributed by atoms with van der Waals surface area (Å²) in [5, 5.41) is 0. The van der Waals surface area contributed by atoms with E-state index in [0.29, 0.717) is 0 Å². The maximum atomic E-state index is 6.89. The van der Waals surface area contributed by atoms with Crippen molar-refractivity contribution in [3.8, 4) is 33.8 Å². The van der Waals surface area contributed by atoms with Gasteiger partial charge in [-0.25, -0.2) is 0 Å². The molecule has 0 bridgehead atoms. The van der Waals surface area contributed by atoms with Gasteiger partial charge in [0.05, 0.1) is 5.69 Å². The van der Waals surface area contributed by atoms with Gasteiger partial charge in [0.1, 0.15) is 11.5 Å². The summed E-state index contributed by atoms with van der Waals surface area (Å²) in [5.74, 6) is 1.66. The Morgan fingerprint density at radius 1 is 0.411 bits per heavy atom. The van der Waals surface area contributed by atoms with Gasteiger partial charge in [0.2, 0.25) is 0 Å². The van der Waals surface area contributed by atoms with E-state index in [0.717, 1.165) is 56.4 Å². The van der Waals surface area contributed by atoms with E-state index in [4.69, 9.17) is 4.74 Å². The van der Waals surface area contributed by atoms with Crippen LogP contribution in [0, 0.1) is 0 Å². The van der Waals surface area contributed by atoms with Crippen molar-refractivity contribution >= 4 is 28.2 Å². The molecule has 0 radical (unpaired) electrons. The van der Waals surface area contributed by atoms with Crippen molar-refractivity contribution in [2.24, 2.45) is 0 Å². The normalized spacial score (nSPS) is 11.9. The Kier molecular flexibility index (Phi) is 9.17. The number of rotatable bonds is 7. The molecule has 1 aliphatic rings. The quantitative estimate of drug-likeness (QED) is 0.162. The first-order valence-corrected chi connectivity index (χ1v) is 19.3. The van der Waals surface area contributed by atoms with Gasteiger partial charge in [-0.3, -0.25) is 0 Å². The van der Waals surface area contributed by atoms with Crippen molar-refractivity contribution in [2.45, 2.75) is 26.2 Å². The van der Waals surface area contributed by atoms with Crippen molar-refractivity contribution in [1.82, 2.24) is 0 Å². The van der Waals surface area contributed by atoms with Crippen LogP contribution in [-0.4, -0.2) is 0 Å². The molecule has 0 spiro atoms. The number of hydrogen-bond acceptors (Lipinski definition) is 2. The molecule has 2 nitrogen and oxygen atoms in total. The highest BCUT2D eigenvalue weighted by Gasteiger charge is 2.28. The first kappa shape index (κ1) is 34.8. The van der Waals surface area contributed by atoms with Gasteiger partial charge in [-0.2, -0.15) is 0 Å². The van der Waals surface area contributed by atoms with Gasteiger partial charge >= 0.3 is 0 Å². The monoisotopic (exact) mass is 721 g/mol. The maximum absolute atomic E-state index is 6.89. The first-order chi connectivity index (χ1) is 27.4. The fraction of sp³-hybridized carbons (Fsp3) is 0.0741. The summed E-state index contributed by atoms with van der Waals surface area (Å²) in [6, 6.07) is 73.7. The van der Waals surface area contributed by atoms with E-state index < -0.39 is 0 Å². The fourth-order valence-electron chi connectivity index (χ4n) is 7.81. The number of benzene rings is 8. The Balaban J connectivity index is 1.28. The second-order valence-electron chi connectivity index (χ2n) is 15.4. The number of ether oxygens (including phenoxy) is 1. The molecule has 1 heterocycles. The average Bonchev–Trinajstić information content (AvgIpc) is 3.25. The molecule has 0 saturated carbocycles. The van der Waals surface area contributed by atoms with Crippen LogP contribution in [0.25, 0.3) is 33.4 Å². The summed E-state index contributed by atoms with van der Waals surface area (Å²) in [6.45, 7) is 6.83. The summed E-state index contributed by atoms with van der Waals surface area (Å²) in [6.07, 6.45) is 0. The molecule has 0 unspecified atom stereocenters. The third kappa shape index (κ3) is 6.71. The Morgan fingerprint density at radius 3 is 1.55 bits per heavy atom. The number of para-hydroxylation sites is 1. The van der Waals surface area contributed by atoms with Gasteiger partial charge in [-0.1, -0.05) is 178 Å². The smallest absolute Gasteiger partial charge is 0.137 e. The number of anilines is 3. The third-order valence-electron chi connectivity index (χ3n) is 10.7. The van der Waals surface area contributed by atoms with Crippen LogP contribution in [0.2, 0.25) is 0 Å². The first-order valence-electron chi connectivity index (χ1n) is 19.3. The zero-order chi connectivity index (χ0) is 38.1. The molecule has 2 heteroatoms. The molecule has 0 aromatic heterocycles. The van der Waals surface area contributed by atoms with Crippen molar-refractivity contribution in [2.75, 3.05) is 4.90 Å².